The fourth-order valence-corrected chi connectivity index (χ4v) is 3.03. The van der Waals surface area contributed by atoms with E-state index < -0.39 is 0 Å². The Morgan fingerprint density at radius 3 is 2.64 bits per heavy atom. The molecule has 1 aromatic heterocycles. The second-order valence-corrected chi connectivity index (χ2v) is 6.11. The van der Waals surface area contributed by atoms with Gasteiger partial charge in [-0.1, -0.05) is 12.8 Å². The lowest BCUT2D eigenvalue weighted by atomic mass is 10.2. The molecule has 0 unspecified atom stereocenters. The highest BCUT2D eigenvalue weighted by Crippen LogP contribution is 2.31. The van der Waals surface area contributed by atoms with Crippen molar-refractivity contribution in [2.24, 2.45) is 0 Å². The summed E-state index contributed by atoms with van der Waals surface area (Å²) in [6.45, 7) is 0. The van der Waals surface area contributed by atoms with E-state index in [0.717, 1.165) is 24.2 Å². The van der Waals surface area contributed by atoms with Gasteiger partial charge in [-0.2, -0.15) is 0 Å². The Bertz CT molecular complexity index is 742. The molecule has 1 heterocycles. The molecular weight excluding hydrogens is 318 g/mol. The van der Waals surface area contributed by atoms with E-state index in [1.165, 1.54) is 12.8 Å². The highest BCUT2D eigenvalue weighted by Gasteiger charge is 2.18. The summed E-state index contributed by atoms with van der Waals surface area (Å²) >= 11 is 0. The van der Waals surface area contributed by atoms with E-state index in [2.05, 4.69) is 15.6 Å². The molecule has 1 aromatic carbocycles. The lowest BCUT2D eigenvalue weighted by Crippen LogP contribution is -2.32. The SMILES string of the molecule is COc1ccc(Nc2cncc(C(=O)NC3CCCC3)c2)c(OC)c1. The molecular formula is C19H23N3O3. The lowest BCUT2D eigenvalue weighted by Gasteiger charge is -2.14. The number of hydrogen-bond acceptors (Lipinski definition) is 5. The minimum Gasteiger partial charge on any atom is -0.497 e. The second kappa shape index (κ2) is 7.88. The van der Waals surface area contributed by atoms with E-state index in [1.54, 1.807) is 38.7 Å². The number of ether oxygens (including phenoxy) is 2. The van der Waals surface area contributed by atoms with Crippen molar-refractivity contribution in [3.05, 3.63) is 42.2 Å². The Kier molecular flexibility index (Phi) is 5.38. The topological polar surface area (TPSA) is 72.5 Å². The largest absolute Gasteiger partial charge is 0.497 e. The smallest absolute Gasteiger partial charge is 0.253 e. The van der Waals surface area contributed by atoms with Gasteiger partial charge in [-0.15, -0.1) is 0 Å². The van der Waals surface area contributed by atoms with Crippen LogP contribution >= 0.6 is 0 Å². The van der Waals surface area contributed by atoms with Crippen LogP contribution in [-0.4, -0.2) is 31.2 Å². The summed E-state index contributed by atoms with van der Waals surface area (Å²) in [4.78, 5) is 16.6. The van der Waals surface area contributed by atoms with Gasteiger partial charge in [-0.3, -0.25) is 9.78 Å². The predicted octanol–water partition coefficient (Wildman–Crippen LogP) is 3.51. The molecule has 6 nitrogen and oxygen atoms in total. The van der Waals surface area contributed by atoms with Crippen molar-refractivity contribution in [1.29, 1.82) is 0 Å². The molecule has 0 radical (unpaired) electrons. The van der Waals surface area contributed by atoms with Gasteiger partial charge < -0.3 is 20.1 Å². The summed E-state index contributed by atoms with van der Waals surface area (Å²) in [6, 6.07) is 7.58. The molecule has 0 atom stereocenters. The average molecular weight is 341 g/mol. The molecule has 2 aromatic rings. The zero-order valence-electron chi connectivity index (χ0n) is 14.5. The van der Waals surface area contributed by atoms with E-state index in [0.29, 0.717) is 17.1 Å². The number of methoxy groups -OCH3 is 2. The second-order valence-electron chi connectivity index (χ2n) is 6.11. The summed E-state index contributed by atoms with van der Waals surface area (Å²) < 4.78 is 10.6. The van der Waals surface area contributed by atoms with Gasteiger partial charge in [0.25, 0.3) is 5.91 Å². The predicted molar refractivity (Wildman–Crippen MR) is 96.8 cm³/mol. The molecule has 2 N–H and O–H groups in total. The van der Waals surface area contributed by atoms with Crippen LogP contribution in [0.5, 0.6) is 11.5 Å². The minimum absolute atomic E-state index is 0.0789. The zero-order valence-corrected chi connectivity index (χ0v) is 14.5. The van der Waals surface area contributed by atoms with E-state index in [4.69, 9.17) is 9.47 Å². The van der Waals surface area contributed by atoms with Crippen molar-refractivity contribution >= 4 is 17.3 Å². The van der Waals surface area contributed by atoms with Crippen LogP contribution in [0.2, 0.25) is 0 Å². The van der Waals surface area contributed by atoms with Crippen molar-refractivity contribution in [1.82, 2.24) is 10.3 Å². The van der Waals surface area contributed by atoms with Crippen LogP contribution in [0.25, 0.3) is 0 Å². The maximum absolute atomic E-state index is 12.4. The molecule has 0 aliphatic heterocycles. The van der Waals surface area contributed by atoms with Gasteiger partial charge in [-0.25, -0.2) is 0 Å². The summed E-state index contributed by atoms with van der Waals surface area (Å²) in [5.74, 6) is 1.29. The number of rotatable bonds is 6. The van der Waals surface area contributed by atoms with Crippen molar-refractivity contribution in [3.8, 4) is 11.5 Å². The van der Waals surface area contributed by atoms with E-state index in [1.807, 2.05) is 12.1 Å². The van der Waals surface area contributed by atoms with Crippen LogP contribution in [0.4, 0.5) is 11.4 Å². The third-order valence-electron chi connectivity index (χ3n) is 4.38. The van der Waals surface area contributed by atoms with Crippen molar-refractivity contribution < 1.29 is 14.3 Å². The van der Waals surface area contributed by atoms with Gasteiger partial charge in [0.05, 0.1) is 37.4 Å². The quantitative estimate of drug-likeness (QED) is 0.841. The summed E-state index contributed by atoms with van der Waals surface area (Å²) in [5.41, 5.74) is 2.05. The van der Waals surface area contributed by atoms with Gasteiger partial charge >= 0.3 is 0 Å². The number of nitrogens with one attached hydrogen (secondary N) is 2. The number of nitrogens with zero attached hydrogens (tertiary/aromatic N) is 1. The number of aromatic nitrogens is 1. The first-order chi connectivity index (χ1) is 12.2. The molecule has 6 heteroatoms. The molecule has 3 rings (SSSR count). The van der Waals surface area contributed by atoms with Gasteiger partial charge in [0.1, 0.15) is 11.5 Å². The molecule has 0 saturated heterocycles. The van der Waals surface area contributed by atoms with Crippen LogP contribution in [0.1, 0.15) is 36.0 Å². The van der Waals surface area contributed by atoms with Crippen LogP contribution < -0.4 is 20.1 Å². The monoisotopic (exact) mass is 341 g/mol. The Morgan fingerprint density at radius 1 is 1.12 bits per heavy atom. The van der Waals surface area contributed by atoms with Crippen LogP contribution in [0, 0.1) is 0 Å². The van der Waals surface area contributed by atoms with E-state index in [9.17, 15) is 4.79 Å². The first-order valence-electron chi connectivity index (χ1n) is 8.44. The fraction of sp³-hybridized carbons (Fsp3) is 0.368. The Labute approximate surface area is 147 Å². The highest BCUT2D eigenvalue weighted by atomic mass is 16.5. The number of benzene rings is 1. The standard InChI is InChI=1S/C19H23N3O3/c1-24-16-7-8-17(18(10-16)25-2)21-15-9-13(11-20-12-15)19(23)22-14-5-3-4-6-14/h7-12,14,21H,3-6H2,1-2H3,(H,22,23). The van der Waals surface area contributed by atoms with Crippen LogP contribution in [0.15, 0.2) is 36.7 Å². The number of hydrogen-bond donors (Lipinski definition) is 2. The van der Waals surface area contributed by atoms with Crippen molar-refractivity contribution in [2.75, 3.05) is 19.5 Å². The van der Waals surface area contributed by atoms with E-state index in [-0.39, 0.29) is 11.9 Å². The number of carbonyl (C=O) groups is 1. The average Bonchev–Trinajstić information content (AvgIpc) is 3.15. The Morgan fingerprint density at radius 2 is 1.92 bits per heavy atom. The number of carbonyl (C=O) groups excluding carboxylic acids is 1. The molecule has 1 saturated carbocycles. The Balaban J connectivity index is 1.74. The first-order valence-corrected chi connectivity index (χ1v) is 8.44. The minimum atomic E-state index is -0.0789. The maximum Gasteiger partial charge on any atom is 0.253 e. The highest BCUT2D eigenvalue weighted by molar-refractivity contribution is 5.95. The van der Waals surface area contributed by atoms with Crippen LogP contribution in [-0.2, 0) is 0 Å². The van der Waals surface area contributed by atoms with E-state index >= 15 is 0 Å². The third kappa shape index (κ3) is 4.21. The number of anilines is 2. The Hall–Kier alpha value is -2.76. The molecule has 1 fully saturated rings. The van der Waals surface area contributed by atoms with Crippen LogP contribution in [0.3, 0.4) is 0 Å². The number of amides is 1. The third-order valence-corrected chi connectivity index (χ3v) is 4.38. The fourth-order valence-electron chi connectivity index (χ4n) is 3.03. The molecule has 0 spiro atoms. The van der Waals surface area contributed by atoms with Crippen molar-refractivity contribution in [3.63, 3.8) is 0 Å². The molecule has 1 aliphatic rings. The number of pyridine rings is 1. The van der Waals surface area contributed by atoms with Gasteiger partial charge in [0.15, 0.2) is 0 Å². The van der Waals surface area contributed by atoms with Gasteiger partial charge in [0, 0.05) is 18.3 Å². The molecule has 0 bridgehead atoms. The summed E-state index contributed by atoms with van der Waals surface area (Å²) in [5, 5.41) is 6.32. The maximum atomic E-state index is 12.4. The molecule has 25 heavy (non-hydrogen) atoms. The summed E-state index contributed by atoms with van der Waals surface area (Å²) in [6.07, 6.45) is 7.74. The molecule has 1 amide bonds. The zero-order chi connectivity index (χ0) is 17.6. The normalized spacial score (nSPS) is 14.2. The molecule has 132 valence electrons. The van der Waals surface area contributed by atoms with Gasteiger partial charge in [0.2, 0.25) is 0 Å². The lowest BCUT2D eigenvalue weighted by molar-refractivity contribution is 0.0937. The molecule has 1 aliphatic carbocycles. The summed E-state index contributed by atoms with van der Waals surface area (Å²) in [7, 11) is 3.21. The first kappa shape index (κ1) is 17.1. The van der Waals surface area contributed by atoms with Gasteiger partial charge in [-0.05, 0) is 31.0 Å². The van der Waals surface area contributed by atoms with Crippen molar-refractivity contribution in [2.45, 2.75) is 31.7 Å².